The van der Waals surface area contributed by atoms with Crippen molar-refractivity contribution in [2.75, 3.05) is 33.1 Å². The van der Waals surface area contributed by atoms with Crippen molar-refractivity contribution < 1.29 is 14.3 Å². The van der Waals surface area contributed by atoms with E-state index in [9.17, 15) is 4.79 Å². The Balaban J connectivity index is 2.14. The van der Waals surface area contributed by atoms with Gasteiger partial charge in [0, 0.05) is 30.9 Å². The Labute approximate surface area is 128 Å². The van der Waals surface area contributed by atoms with Gasteiger partial charge in [-0.1, -0.05) is 11.6 Å². The molecule has 1 amide bonds. The second-order valence-electron chi connectivity index (χ2n) is 4.87. The van der Waals surface area contributed by atoms with Crippen LogP contribution in [0.2, 0.25) is 0 Å². The maximum absolute atomic E-state index is 12.3. The monoisotopic (exact) mass is 308 g/mol. The number of rotatable bonds is 6. The highest BCUT2D eigenvalue weighted by Gasteiger charge is 2.17. The summed E-state index contributed by atoms with van der Waals surface area (Å²) < 4.78 is 11.3. The van der Waals surface area contributed by atoms with Crippen LogP contribution in [0.3, 0.4) is 0 Å². The van der Waals surface area contributed by atoms with Gasteiger partial charge in [0.2, 0.25) is 0 Å². The van der Waals surface area contributed by atoms with Gasteiger partial charge in [0.15, 0.2) is 0 Å². The fourth-order valence-corrected chi connectivity index (χ4v) is 3.10. The average Bonchev–Trinajstić information content (AvgIpc) is 2.80. The second-order valence-corrected chi connectivity index (χ2v) is 5.92. The van der Waals surface area contributed by atoms with Crippen molar-refractivity contribution >= 4 is 33.0 Å². The van der Waals surface area contributed by atoms with Crippen molar-refractivity contribution in [2.24, 2.45) is 0 Å². The van der Waals surface area contributed by atoms with Crippen LogP contribution in [0.15, 0.2) is 18.2 Å². The van der Waals surface area contributed by atoms with Crippen LogP contribution in [0.5, 0.6) is 0 Å². The molecule has 0 radical (unpaired) electrons. The molecule has 1 aromatic carbocycles. The number of hydrogen-bond acceptors (Lipinski definition) is 5. The number of thiophene rings is 1. The van der Waals surface area contributed by atoms with Crippen LogP contribution in [0.25, 0.3) is 10.1 Å². The Hall–Kier alpha value is -1.63. The fourth-order valence-electron chi connectivity index (χ4n) is 2.08. The van der Waals surface area contributed by atoms with Crippen LogP contribution in [0, 0.1) is 6.92 Å². The van der Waals surface area contributed by atoms with E-state index in [1.807, 2.05) is 25.1 Å². The first-order valence-electron chi connectivity index (χ1n) is 6.65. The lowest BCUT2D eigenvalue weighted by Crippen LogP contribution is -2.35. The predicted octanol–water partition coefficient (Wildman–Crippen LogP) is 2.18. The van der Waals surface area contributed by atoms with Crippen LogP contribution in [0.1, 0.15) is 15.2 Å². The number of benzene rings is 1. The third-order valence-corrected chi connectivity index (χ3v) is 4.45. The zero-order valence-electron chi connectivity index (χ0n) is 12.4. The molecule has 1 heterocycles. The number of methoxy groups -OCH3 is 2. The number of hydrogen-bond donors (Lipinski definition) is 2. The van der Waals surface area contributed by atoms with Gasteiger partial charge in [-0.2, -0.15) is 0 Å². The molecule has 1 atom stereocenters. The smallest absolute Gasteiger partial charge is 0.263 e. The number of carbonyl (C=O) groups excluding carboxylic acids is 1. The van der Waals surface area contributed by atoms with Crippen molar-refractivity contribution in [1.82, 2.24) is 5.32 Å². The molecule has 0 aliphatic heterocycles. The molecule has 0 aliphatic carbocycles. The first-order valence-corrected chi connectivity index (χ1v) is 7.47. The minimum atomic E-state index is -0.176. The first kappa shape index (κ1) is 15.8. The molecule has 5 nitrogen and oxygen atoms in total. The molecule has 21 heavy (non-hydrogen) atoms. The predicted molar refractivity (Wildman–Crippen MR) is 86.0 cm³/mol. The van der Waals surface area contributed by atoms with E-state index in [2.05, 4.69) is 5.32 Å². The van der Waals surface area contributed by atoms with Gasteiger partial charge in [0.1, 0.15) is 4.88 Å². The summed E-state index contributed by atoms with van der Waals surface area (Å²) in [6, 6.07) is 6.01. The Kier molecular flexibility index (Phi) is 5.17. The number of ether oxygens (including phenoxy) is 2. The highest BCUT2D eigenvalue weighted by atomic mass is 32.1. The maximum Gasteiger partial charge on any atom is 0.263 e. The SMILES string of the molecule is COCC(CNC(=O)c1sc2ccc(C)cc2c1N)OC. The third kappa shape index (κ3) is 3.53. The molecule has 0 bridgehead atoms. The van der Waals surface area contributed by atoms with Crippen molar-refractivity contribution in [1.29, 1.82) is 0 Å². The van der Waals surface area contributed by atoms with Gasteiger partial charge in [-0.3, -0.25) is 4.79 Å². The Morgan fingerprint density at radius 2 is 2.19 bits per heavy atom. The first-order chi connectivity index (χ1) is 10.1. The summed E-state index contributed by atoms with van der Waals surface area (Å²) in [4.78, 5) is 12.8. The quantitative estimate of drug-likeness (QED) is 0.858. The minimum Gasteiger partial charge on any atom is -0.397 e. The lowest BCUT2D eigenvalue weighted by molar-refractivity contribution is 0.0286. The van der Waals surface area contributed by atoms with E-state index in [-0.39, 0.29) is 12.0 Å². The van der Waals surface area contributed by atoms with Crippen LogP contribution < -0.4 is 11.1 Å². The lowest BCUT2D eigenvalue weighted by Gasteiger charge is -2.14. The van der Waals surface area contributed by atoms with Crippen LogP contribution in [-0.2, 0) is 9.47 Å². The van der Waals surface area contributed by atoms with E-state index in [0.717, 1.165) is 15.6 Å². The molecule has 0 aliphatic rings. The minimum absolute atomic E-state index is 0.170. The van der Waals surface area contributed by atoms with E-state index in [1.165, 1.54) is 11.3 Å². The number of amides is 1. The molecule has 114 valence electrons. The Morgan fingerprint density at radius 3 is 2.86 bits per heavy atom. The van der Waals surface area contributed by atoms with E-state index < -0.39 is 0 Å². The number of anilines is 1. The molecule has 0 saturated carbocycles. The van der Waals surface area contributed by atoms with E-state index in [1.54, 1.807) is 14.2 Å². The third-order valence-electron chi connectivity index (χ3n) is 3.26. The number of nitrogen functional groups attached to an aromatic ring is 1. The van der Waals surface area contributed by atoms with Crippen molar-refractivity contribution in [3.05, 3.63) is 28.6 Å². The summed E-state index contributed by atoms with van der Waals surface area (Å²) in [5.41, 5.74) is 7.76. The normalized spacial score (nSPS) is 12.5. The summed E-state index contributed by atoms with van der Waals surface area (Å²) in [7, 11) is 3.19. The molecule has 2 aromatic rings. The van der Waals surface area contributed by atoms with Gasteiger partial charge in [-0.05, 0) is 19.1 Å². The summed E-state index contributed by atoms with van der Waals surface area (Å²) in [6.07, 6.45) is -0.170. The summed E-state index contributed by atoms with van der Waals surface area (Å²) >= 11 is 1.40. The van der Waals surface area contributed by atoms with Gasteiger partial charge >= 0.3 is 0 Å². The zero-order chi connectivity index (χ0) is 15.4. The highest BCUT2D eigenvalue weighted by molar-refractivity contribution is 7.21. The Bertz CT molecular complexity index is 639. The van der Waals surface area contributed by atoms with Gasteiger partial charge in [0.05, 0.1) is 18.4 Å². The summed E-state index contributed by atoms with van der Waals surface area (Å²) in [5, 5.41) is 3.77. The summed E-state index contributed by atoms with van der Waals surface area (Å²) in [5.74, 6) is -0.176. The molecule has 6 heteroatoms. The van der Waals surface area contributed by atoms with Crippen LogP contribution >= 0.6 is 11.3 Å². The Morgan fingerprint density at radius 1 is 1.43 bits per heavy atom. The molecule has 0 spiro atoms. The topological polar surface area (TPSA) is 73.6 Å². The molecule has 0 fully saturated rings. The number of nitrogens with two attached hydrogens (primary N) is 1. The van der Waals surface area contributed by atoms with E-state index in [4.69, 9.17) is 15.2 Å². The standard InChI is InChI=1S/C15H20N2O3S/c1-9-4-5-12-11(6-9)13(16)14(21-12)15(18)17-7-10(20-3)8-19-2/h4-6,10H,7-8,16H2,1-3H3,(H,17,18). The van der Waals surface area contributed by atoms with Crippen molar-refractivity contribution in [3.63, 3.8) is 0 Å². The fraction of sp³-hybridized carbons (Fsp3) is 0.400. The molecular formula is C15H20N2O3S. The van der Waals surface area contributed by atoms with E-state index >= 15 is 0 Å². The largest absolute Gasteiger partial charge is 0.397 e. The molecule has 0 saturated heterocycles. The van der Waals surface area contributed by atoms with Crippen LogP contribution in [-0.4, -0.2) is 39.4 Å². The number of nitrogens with one attached hydrogen (secondary N) is 1. The number of carbonyl (C=O) groups is 1. The van der Waals surface area contributed by atoms with Gasteiger partial charge < -0.3 is 20.5 Å². The van der Waals surface area contributed by atoms with Gasteiger partial charge in [0.25, 0.3) is 5.91 Å². The van der Waals surface area contributed by atoms with Crippen molar-refractivity contribution in [3.8, 4) is 0 Å². The highest BCUT2D eigenvalue weighted by Crippen LogP contribution is 2.34. The molecule has 1 unspecified atom stereocenters. The van der Waals surface area contributed by atoms with Crippen LogP contribution in [0.4, 0.5) is 5.69 Å². The summed E-state index contributed by atoms with van der Waals surface area (Å²) in [6.45, 7) is 2.82. The molecule has 1 aromatic heterocycles. The number of aryl methyl sites for hydroxylation is 1. The average molecular weight is 308 g/mol. The lowest BCUT2D eigenvalue weighted by atomic mass is 10.1. The second kappa shape index (κ2) is 6.89. The van der Waals surface area contributed by atoms with E-state index in [0.29, 0.717) is 23.7 Å². The zero-order valence-corrected chi connectivity index (χ0v) is 13.3. The van der Waals surface area contributed by atoms with Crippen molar-refractivity contribution in [2.45, 2.75) is 13.0 Å². The molecule has 2 rings (SSSR count). The maximum atomic E-state index is 12.3. The van der Waals surface area contributed by atoms with Gasteiger partial charge in [-0.15, -0.1) is 11.3 Å². The molecule has 3 N–H and O–H groups in total. The molecular weight excluding hydrogens is 288 g/mol. The number of fused-ring (bicyclic) bond motifs is 1. The van der Waals surface area contributed by atoms with Gasteiger partial charge in [-0.25, -0.2) is 0 Å².